The highest BCUT2D eigenvalue weighted by atomic mass is 19.1. The van der Waals surface area contributed by atoms with Crippen LogP contribution in [0.2, 0.25) is 0 Å². The van der Waals surface area contributed by atoms with Crippen molar-refractivity contribution in [2.75, 3.05) is 52.9 Å². The normalized spacial score (nSPS) is 20.8. The summed E-state index contributed by atoms with van der Waals surface area (Å²) in [5.74, 6) is -1.59. The van der Waals surface area contributed by atoms with Crippen LogP contribution in [-0.4, -0.2) is 87.2 Å². The van der Waals surface area contributed by atoms with Crippen molar-refractivity contribution >= 4 is 23.4 Å². The van der Waals surface area contributed by atoms with Gasteiger partial charge in [-0.25, -0.2) is 4.39 Å². The first-order valence-corrected chi connectivity index (χ1v) is 12.1. The maximum atomic E-state index is 14.5. The second-order valence-corrected chi connectivity index (χ2v) is 9.23. The molecule has 0 saturated heterocycles. The van der Waals surface area contributed by atoms with Crippen LogP contribution in [0.4, 0.5) is 10.1 Å². The number of fused-ring (bicyclic) bond motifs is 1. The van der Waals surface area contributed by atoms with Crippen molar-refractivity contribution in [2.24, 2.45) is 5.92 Å². The van der Waals surface area contributed by atoms with E-state index in [9.17, 15) is 18.8 Å². The lowest BCUT2D eigenvalue weighted by Crippen LogP contribution is -2.48. The maximum absolute atomic E-state index is 14.5. The number of carbonyl (C=O) groups is 3. The van der Waals surface area contributed by atoms with Crippen molar-refractivity contribution in [2.45, 2.75) is 26.0 Å². The Bertz CT molecular complexity index is 1130. The summed E-state index contributed by atoms with van der Waals surface area (Å²) in [7, 11) is 4.62. The molecule has 2 aromatic carbocycles. The van der Waals surface area contributed by atoms with Gasteiger partial charge in [0.1, 0.15) is 24.8 Å². The molecule has 1 aliphatic heterocycles. The molecular weight excluding hydrogens is 481 g/mol. The smallest absolute Gasteiger partial charge is 0.257 e. The number of benzene rings is 2. The number of amides is 3. The molecule has 10 heteroatoms. The zero-order chi connectivity index (χ0) is 27.1. The summed E-state index contributed by atoms with van der Waals surface area (Å²) in [4.78, 5) is 41.9. The van der Waals surface area contributed by atoms with Gasteiger partial charge in [-0.15, -0.1) is 0 Å². The second kappa shape index (κ2) is 12.6. The molecule has 200 valence electrons. The van der Waals surface area contributed by atoms with Gasteiger partial charge in [-0.05, 0) is 37.3 Å². The van der Waals surface area contributed by atoms with Crippen molar-refractivity contribution in [3.05, 3.63) is 59.4 Å². The average Bonchev–Trinajstić information content (AvgIpc) is 2.88. The molecule has 0 radical (unpaired) electrons. The first-order chi connectivity index (χ1) is 17.7. The van der Waals surface area contributed by atoms with Crippen LogP contribution < -0.4 is 10.1 Å². The first-order valence-electron chi connectivity index (χ1n) is 12.1. The molecule has 1 N–H and O–H groups in total. The lowest BCUT2D eigenvalue weighted by Gasteiger charge is -2.36. The summed E-state index contributed by atoms with van der Waals surface area (Å²) >= 11 is 0. The van der Waals surface area contributed by atoms with E-state index in [1.807, 2.05) is 13.8 Å². The van der Waals surface area contributed by atoms with Crippen molar-refractivity contribution in [3.8, 4) is 5.75 Å². The SMILES string of the molecule is COCC(=O)Nc1ccc2c(c1)C(=O)N(C)C[C@H](OC)[C@H](C)CN(C(=O)c1ccccc1F)[C@@H](C)CO2. The Morgan fingerprint density at radius 1 is 1.14 bits per heavy atom. The van der Waals surface area contributed by atoms with Gasteiger partial charge in [0, 0.05) is 46.0 Å². The van der Waals surface area contributed by atoms with Crippen LogP contribution in [0.15, 0.2) is 42.5 Å². The number of ether oxygens (including phenoxy) is 3. The van der Waals surface area contributed by atoms with E-state index >= 15 is 0 Å². The number of nitrogens with one attached hydrogen (secondary N) is 1. The van der Waals surface area contributed by atoms with Gasteiger partial charge >= 0.3 is 0 Å². The molecule has 0 aliphatic carbocycles. The fourth-order valence-corrected chi connectivity index (χ4v) is 4.25. The van der Waals surface area contributed by atoms with Crippen LogP contribution in [0, 0.1) is 11.7 Å². The van der Waals surface area contributed by atoms with E-state index in [1.54, 1.807) is 43.3 Å². The van der Waals surface area contributed by atoms with Crippen LogP contribution in [0.3, 0.4) is 0 Å². The molecule has 3 rings (SSSR count). The molecule has 3 amide bonds. The Morgan fingerprint density at radius 3 is 2.54 bits per heavy atom. The number of carbonyl (C=O) groups excluding carboxylic acids is 3. The van der Waals surface area contributed by atoms with Gasteiger partial charge in [0.05, 0.1) is 23.3 Å². The molecule has 0 saturated carbocycles. The van der Waals surface area contributed by atoms with Gasteiger partial charge in [0.15, 0.2) is 0 Å². The number of hydrogen-bond donors (Lipinski definition) is 1. The highest BCUT2D eigenvalue weighted by Crippen LogP contribution is 2.27. The molecule has 0 aromatic heterocycles. The maximum Gasteiger partial charge on any atom is 0.257 e. The lowest BCUT2D eigenvalue weighted by molar-refractivity contribution is -0.119. The van der Waals surface area contributed by atoms with E-state index in [-0.39, 0.29) is 55.2 Å². The Balaban J connectivity index is 1.98. The van der Waals surface area contributed by atoms with Gasteiger partial charge in [-0.1, -0.05) is 19.1 Å². The quantitative estimate of drug-likeness (QED) is 0.658. The summed E-state index contributed by atoms with van der Waals surface area (Å²) in [6, 6.07) is 10.2. The number of nitrogens with zero attached hydrogens (tertiary/aromatic N) is 2. The van der Waals surface area contributed by atoms with Crippen molar-refractivity contribution in [1.82, 2.24) is 9.80 Å². The van der Waals surface area contributed by atoms with E-state index in [2.05, 4.69) is 5.32 Å². The zero-order valence-corrected chi connectivity index (χ0v) is 21.8. The Morgan fingerprint density at radius 2 is 1.86 bits per heavy atom. The van der Waals surface area contributed by atoms with Crippen molar-refractivity contribution < 1.29 is 33.0 Å². The summed E-state index contributed by atoms with van der Waals surface area (Å²) in [5.41, 5.74) is 0.644. The van der Waals surface area contributed by atoms with Crippen LogP contribution in [-0.2, 0) is 14.3 Å². The largest absolute Gasteiger partial charge is 0.491 e. The number of anilines is 1. The lowest BCUT2D eigenvalue weighted by atomic mass is 10.0. The summed E-state index contributed by atoms with van der Waals surface area (Å²) in [6.07, 6.45) is -0.398. The van der Waals surface area contributed by atoms with Crippen molar-refractivity contribution in [3.63, 3.8) is 0 Å². The Kier molecular flexibility index (Phi) is 9.60. The second-order valence-electron chi connectivity index (χ2n) is 9.23. The number of likely N-dealkylation sites (N-methyl/N-ethyl adjacent to an activating group) is 1. The predicted molar refractivity (Wildman–Crippen MR) is 136 cm³/mol. The molecule has 1 aliphatic rings. The summed E-state index contributed by atoms with van der Waals surface area (Å²) in [5, 5.41) is 2.69. The fourth-order valence-electron chi connectivity index (χ4n) is 4.25. The topological polar surface area (TPSA) is 97.4 Å². The third kappa shape index (κ3) is 6.84. The third-order valence-electron chi connectivity index (χ3n) is 6.37. The standard InChI is InChI=1S/C27H34FN3O6/c1-17-13-31(27(34)20-8-6-7-9-22(20)28)18(2)15-37-23-11-10-19(29-25(32)16-35-4)12-21(23)26(33)30(3)14-24(17)36-5/h6-12,17-18,24H,13-16H2,1-5H3,(H,29,32)/t17-,18+,24+/m1/s1. The number of hydrogen-bond acceptors (Lipinski definition) is 6. The Labute approximate surface area is 216 Å². The monoisotopic (exact) mass is 515 g/mol. The third-order valence-corrected chi connectivity index (χ3v) is 6.37. The minimum absolute atomic E-state index is 0.0215. The number of rotatable bonds is 5. The molecule has 0 unspecified atom stereocenters. The number of methoxy groups -OCH3 is 2. The molecule has 37 heavy (non-hydrogen) atoms. The molecule has 0 bridgehead atoms. The van der Waals surface area contributed by atoms with Crippen LogP contribution >= 0.6 is 0 Å². The van der Waals surface area contributed by atoms with Crippen LogP contribution in [0.1, 0.15) is 34.6 Å². The zero-order valence-electron chi connectivity index (χ0n) is 21.8. The molecule has 3 atom stereocenters. The molecule has 1 heterocycles. The van der Waals surface area contributed by atoms with E-state index in [1.165, 1.54) is 30.2 Å². The van der Waals surface area contributed by atoms with Gasteiger partial charge in [-0.2, -0.15) is 0 Å². The van der Waals surface area contributed by atoms with Gasteiger partial charge in [-0.3, -0.25) is 14.4 Å². The minimum atomic E-state index is -0.596. The molecule has 0 fully saturated rings. The van der Waals surface area contributed by atoms with E-state index in [4.69, 9.17) is 14.2 Å². The minimum Gasteiger partial charge on any atom is -0.491 e. The van der Waals surface area contributed by atoms with Gasteiger partial charge in [0.25, 0.3) is 11.8 Å². The van der Waals surface area contributed by atoms with Crippen LogP contribution in [0.5, 0.6) is 5.75 Å². The fraction of sp³-hybridized carbons (Fsp3) is 0.444. The first kappa shape index (κ1) is 28.1. The van der Waals surface area contributed by atoms with E-state index in [0.29, 0.717) is 11.4 Å². The molecular formula is C27H34FN3O6. The predicted octanol–water partition coefficient (Wildman–Crippen LogP) is 3.06. The number of halogens is 1. The average molecular weight is 516 g/mol. The van der Waals surface area contributed by atoms with E-state index < -0.39 is 23.9 Å². The van der Waals surface area contributed by atoms with Gasteiger partial charge in [0.2, 0.25) is 5.91 Å². The van der Waals surface area contributed by atoms with Crippen LogP contribution in [0.25, 0.3) is 0 Å². The van der Waals surface area contributed by atoms with Crippen molar-refractivity contribution in [1.29, 1.82) is 0 Å². The Hall–Kier alpha value is -3.50. The highest BCUT2D eigenvalue weighted by molar-refractivity contribution is 5.99. The van der Waals surface area contributed by atoms with Gasteiger partial charge < -0.3 is 29.3 Å². The highest BCUT2D eigenvalue weighted by Gasteiger charge is 2.31. The molecule has 2 aromatic rings. The van der Waals surface area contributed by atoms with E-state index in [0.717, 1.165) is 0 Å². The molecule has 9 nitrogen and oxygen atoms in total. The summed E-state index contributed by atoms with van der Waals surface area (Å²) < 4.78 is 31.1. The summed E-state index contributed by atoms with van der Waals surface area (Å²) in [6.45, 7) is 4.18. The molecule has 0 spiro atoms.